The minimum atomic E-state index is -0.606. The number of aromatic hydroxyl groups is 1. The molecule has 1 aromatic heterocycles. The first-order chi connectivity index (χ1) is 16.7. The molecule has 1 N–H and O–H groups in total. The second-order valence-corrected chi connectivity index (χ2v) is 9.87. The Labute approximate surface area is 205 Å². The number of aromatic nitrogens is 1. The fourth-order valence-corrected chi connectivity index (χ4v) is 4.38. The highest BCUT2D eigenvalue weighted by Crippen LogP contribution is 2.32. The molecule has 0 atom stereocenters. The van der Waals surface area contributed by atoms with Gasteiger partial charge in [-0.3, -0.25) is 24.1 Å². The van der Waals surface area contributed by atoms with Crippen LogP contribution >= 0.6 is 0 Å². The van der Waals surface area contributed by atoms with E-state index in [-0.39, 0.29) is 24.2 Å². The molecule has 0 bridgehead atoms. The molecule has 3 aromatic rings. The average Bonchev–Trinajstić information content (AvgIpc) is 2.84. The Hall–Kier alpha value is -3.87. The molecule has 0 radical (unpaired) electrons. The summed E-state index contributed by atoms with van der Waals surface area (Å²) in [4.78, 5) is 39.7. The number of ketones is 1. The van der Waals surface area contributed by atoms with E-state index in [1.807, 2.05) is 86.4 Å². The second kappa shape index (κ2) is 9.78. The van der Waals surface area contributed by atoms with Gasteiger partial charge in [0.05, 0.1) is 6.04 Å². The third-order valence-corrected chi connectivity index (χ3v) is 6.33. The third kappa shape index (κ3) is 4.99. The van der Waals surface area contributed by atoms with E-state index < -0.39 is 22.5 Å². The Balaban J connectivity index is 1.76. The van der Waals surface area contributed by atoms with Crippen molar-refractivity contribution in [1.82, 2.24) is 9.58 Å². The standard InChI is InChI=1S/C28H31N3O4/c1-28(2,3)23(33)15-10-17-29-19-31(30-18-16-22(32)26(34)25(30)27(29)35)24(20-11-6-4-7-12-20)21-13-8-5-9-14-21/h4-9,11-14,16,18,24,34H,10,15,17,19H2,1-3H3. The molecule has 0 fully saturated rings. The number of hydrogen-bond acceptors (Lipinski definition) is 5. The van der Waals surface area contributed by atoms with Gasteiger partial charge in [-0.1, -0.05) is 81.4 Å². The van der Waals surface area contributed by atoms with Crippen molar-refractivity contribution in [2.24, 2.45) is 5.41 Å². The summed E-state index contributed by atoms with van der Waals surface area (Å²) in [6, 6.07) is 20.8. The van der Waals surface area contributed by atoms with Gasteiger partial charge < -0.3 is 10.0 Å². The van der Waals surface area contributed by atoms with Crippen molar-refractivity contribution in [2.45, 2.75) is 39.7 Å². The monoisotopic (exact) mass is 473 g/mol. The van der Waals surface area contributed by atoms with Crippen LogP contribution in [-0.4, -0.2) is 39.6 Å². The van der Waals surface area contributed by atoms with Gasteiger partial charge in [0.2, 0.25) is 5.43 Å². The zero-order valence-electron chi connectivity index (χ0n) is 20.3. The van der Waals surface area contributed by atoms with E-state index >= 15 is 0 Å². The zero-order chi connectivity index (χ0) is 25.2. The number of benzene rings is 2. The lowest BCUT2D eigenvalue weighted by Crippen LogP contribution is -2.55. The van der Waals surface area contributed by atoms with Crippen molar-refractivity contribution in [3.05, 3.63) is 100.0 Å². The number of amides is 1. The van der Waals surface area contributed by atoms with Gasteiger partial charge in [-0.25, -0.2) is 0 Å². The maximum Gasteiger partial charge on any atom is 0.277 e. The first kappa shape index (κ1) is 24.3. The van der Waals surface area contributed by atoms with E-state index in [9.17, 15) is 19.5 Å². The van der Waals surface area contributed by atoms with Gasteiger partial charge in [0.15, 0.2) is 11.4 Å². The SMILES string of the molecule is CC(C)(C)C(=O)CCCN1CN(C(c2ccccc2)c2ccccc2)n2ccc(=O)c(O)c2C1=O. The van der Waals surface area contributed by atoms with Crippen molar-refractivity contribution in [2.75, 3.05) is 18.2 Å². The first-order valence-corrected chi connectivity index (χ1v) is 11.8. The summed E-state index contributed by atoms with van der Waals surface area (Å²) in [5, 5.41) is 12.6. The van der Waals surface area contributed by atoms with Crippen LogP contribution in [-0.2, 0) is 4.79 Å². The normalized spacial score (nSPS) is 13.8. The number of rotatable bonds is 7. The van der Waals surface area contributed by atoms with Crippen LogP contribution in [0.4, 0.5) is 0 Å². The number of nitrogens with zero attached hydrogens (tertiary/aromatic N) is 3. The summed E-state index contributed by atoms with van der Waals surface area (Å²) in [6.07, 6.45) is 2.38. The Morgan fingerprint density at radius 2 is 1.51 bits per heavy atom. The molecule has 35 heavy (non-hydrogen) atoms. The van der Waals surface area contributed by atoms with E-state index in [1.54, 1.807) is 9.58 Å². The molecule has 182 valence electrons. The number of Topliss-reactive ketones (excluding diaryl/α,β-unsaturated/α-hetero) is 1. The van der Waals surface area contributed by atoms with Crippen LogP contribution in [0.1, 0.15) is 61.3 Å². The van der Waals surface area contributed by atoms with Gasteiger partial charge in [-0.05, 0) is 17.5 Å². The smallest absolute Gasteiger partial charge is 0.277 e. The summed E-state index contributed by atoms with van der Waals surface area (Å²) in [7, 11) is 0. The molecular formula is C28H31N3O4. The lowest BCUT2D eigenvalue weighted by molar-refractivity contribution is -0.126. The van der Waals surface area contributed by atoms with Gasteiger partial charge in [0.25, 0.3) is 5.91 Å². The van der Waals surface area contributed by atoms with E-state index in [0.29, 0.717) is 19.4 Å². The highest BCUT2D eigenvalue weighted by atomic mass is 16.3. The Kier molecular flexibility index (Phi) is 6.78. The molecule has 2 heterocycles. The molecular weight excluding hydrogens is 442 g/mol. The van der Waals surface area contributed by atoms with E-state index in [4.69, 9.17) is 0 Å². The fourth-order valence-electron chi connectivity index (χ4n) is 4.38. The van der Waals surface area contributed by atoms with E-state index in [1.165, 1.54) is 12.3 Å². The van der Waals surface area contributed by atoms with E-state index in [0.717, 1.165) is 11.1 Å². The first-order valence-electron chi connectivity index (χ1n) is 11.8. The molecule has 0 saturated heterocycles. The van der Waals surface area contributed by atoms with E-state index in [2.05, 4.69) is 0 Å². The Morgan fingerprint density at radius 1 is 0.943 bits per heavy atom. The maximum absolute atomic E-state index is 13.4. The molecule has 0 saturated carbocycles. The number of carbonyl (C=O) groups excluding carboxylic acids is 2. The minimum Gasteiger partial charge on any atom is -0.502 e. The highest BCUT2D eigenvalue weighted by molar-refractivity contribution is 5.96. The van der Waals surface area contributed by atoms with Crippen molar-refractivity contribution < 1.29 is 14.7 Å². The van der Waals surface area contributed by atoms with Gasteiger partial charge in [0, 0.05) is 30.6 Å². The van der Waals surface area contributed by atoms with Crippen LogP contribution in [0.25, 0.3) is 0 Å². The topological polar surface area (TPSA) is 82.8 Å². The Morgan fingerprint density at radius 3 is 2.06 bits per heavy atom. The van der Waals surface area contributed by atoms with Crippen molar-refractivity contribution in [3.8, 4) is 5.75 Å². The highest BCUT2D eigenvalue weighted by Gasteiger charge is 2.36. The number of carbonyl (C=O) groups is 2. The second-order valence-electron chi connectivity index (χ2n) is 9.87. The molecule has 2 aromatic carbocycles. The van der Waals surface area contributed by atoms with Gasteiger partial charge in [0.1, 0.15) is 12.5 Å². The van der Waals surface area contributed by atoms with Crippen molar-refractivity contribution >= 4 is 11.7 Å². The van der Waals surface area contributed by atoms with Crippen LogP contribution in [0.2, 0.25) is 0 Å². The molecule has 1 aliphatic heterocycles. The lowest BCUT2D eigenvalue weighted by atomic mass is 9.88. The quantitative estimate of drug-likeness (QED) is 0.559. The molecule has 0 aliphatic carbocycles. The number of fused-ring (bicyclic) bond motifs is 1. The maximum atomic E-state index is 13.4. The fraction of sp³-hybridized carbons (Fsp3) is 0.321. The molecule has 0 unspecified atom stereocenters. The third-order valence-electron chi connectivity index (χ3n) is 6.33. The molecule has 0 spiro atoms. The molecule has 1 amide bonds. The Bertz CT molecular complexity index is 1220. The summed E-state index contributed by atoms with van der Waals surface area (Å²) < 4.78 is 1.58. The number of pyridine rings is 1. The summed E-state index contributed by atoms with van der Waals surface area (Å²) in [6.45, 7) is 6.21. The van der Waals surface area contributed by atoms with Crippen molar-refractivity contribution in [1.29, 1.82) is 0 Å². The lowest BCUT2D eigenvalue weighted by Gasteiger charge is -2.44. The minimum absolute atomic E-state index is 0.0669. The molecule has 4 rings (SSSR count). The summed E-state index contributed by atoms with van der Waals surface area (Å²) in [5.41, 5.74) is 0.884. The number of hydrogen-bond donors (Lipinski definition) is 1. The molecule has 1 aliphatic rings. The van der Waals surface area contributed by atoms with Crippen LogP contribution in [0.3, 0.4) is 0 Å². The van der Waals surface area contributed by atoms with Crippen LogP contribution in [0.15, 0.2) is 77.7 Å². The molecule has 7 nitrogen and oxygen atoms in total. The average molecular weight is 474 g/mol. The molecule has 7 heteroatoms. The van der Waals surface area contributed by atoms with Gasteiger partial charge in [-0.2, -0.15) is 0 Å². The van der Waals surface area contributed by atoms with Crippen LogP contribution in [0.5, 0.6) is 5.75 Å². The van der Waals surface area contributed by atoms with Gasteiger partial charge >= 0.3 is 0 Å². The van der Waals surface area contributed by atoms with Crippen LogP contribution < -0.4 is 10.4 Å². The zero-order valence-corrected chi connectivity index (χ0v) is 20.3. The van der Waals surface area contributed by atoms with Crippen LogP contribution in [0, 0.1) is 5.41 Å². The predicted octanol–water partition coefficient (Wildman–Crippen LogP) is 4.09. The van der Waals surface area contributed by atoms with Gasteiger partial charge in [-0.15, -0.1) is 0 Å². The van der Waals surface area contributed by atoms with Crippen molar-refractivity contribution in [3.63, 3.8) is 0 Å². The summed E-state index contributed by atoms with van der Waals surface area (Å²) in [5.74, 6) is -0.873. The predicted molar refractivity (Wildman–Crippen MR) is 135 cm³/mol. The summed E-state index contributed by atoms with van der Waals surface area (Å²) >= 11 is 0. The largest absolute Gasteiger partial charge is 0.502 e.